The van der Waals surface area contributed by atoms with E-state index in [1.807, 2.05) is 6.92 Å². The number of rotatable bonds is 4. The molecule has 0 aliphatic carbocycles. The molecule has 2 rings (SSSR count). The van der Waals surface area contributed by atoms with Crippen LogP contribution in [0.1, 0.15) is 28.8 Å². The van der Waals surface area contributed by atoms with E-state index in [0.717, 1.165) is 5.56 Å². The van der Waals surface area contributed by atoms with E-state index >= 15 is 0 Å². The molecule has 1 saturated heterocycles. The minimum absolute atomic E-state index is 0.216. The number of hydrogen-bond acceptors (Lipinski definition) is 3. The highest BCUT2D eigenvalue weighted by Crippen LogP contribution is 2.20. The molecular weight excluding hydrogens is 282 g/mol. The molecule has 1 aromatic rings. The Labute approximate surface area is 121 Å². The van der Waals surface area contributed by atoms with Crippen LogP contribution in [0, 0.1) is 6.92 Å². The van der Waals surface area contributed by atoms with Crippen LogP contribution in [0.2, 0.25) is 5.02 Å². The molecule has 1 amide bonds. The summed E-state index contributed by atoms with van der Waals surface area (Å²) in [6.45, 7) is 2.14. The standard InChI is InChI=1S/C14H16ClNO4/c1-8-6-9(2-4-11(8)15)13(17)16-7-10-3-5-12(20-10)14(18)19/h2,4,6,10,12H,3,5,7H2,1H3,(H,16,17)(H,18,19). The monoisotopic (exact) mass is 297 g/mol. The maximum atomic E-state index is 12.0. The van der Waals surface area contributed by atoms with Gasteiger partial charge >= 0.3 is 5.97 Å². The summed E-state index contributed by atoms with van der Waals surface area (Å²) in [7, 11) is 0. The third kappa shape index (κ3) is 3.49. The van der Waals surface area contributed by atoms with Gasteiger partial charge in [-0.2, -0.15) is 0 Å². The molecule has 0 aromatic heterocycles. The van der Waals surface area contributed by atoms with Gasteiger partial charge in [0, 0.05) is 17.1 Å². The normalized spacial score (nSPS) is 21.7. The summed E-state index contributed by atoms with van der Waals surface area (Å²) in [5, 5.41) is 12.2. The fourth-order valence-electron chi connectivity index (χ4n) is 2.13. The molecule has 20 heavy (non-hydrogen) atoms. The molecule has 6 heteroatoms. The molecule has 1 aliphatic heterocycles. The summed E-state index contributed by atoms with van der Waals surface area (Å²) in [4.78, 5) is 22.7. The zero-order valence-electron chi connectivity index (χ0n) is 11.1. The van der Waals surface area contributed by atoms with E-state index in [2.05, 4.69) is 5.32 Å². The first-order valence-corrected chi connectivity index (χ1v) is 6.78. The molecule has 0 saturated carbocycles. The second kappa shape index (κ2) is 6.24. The van der Waals surface area contributed by atoms with Crippen molar-refractivity contribution in [1.82, 2.24) is 5.32 Å². The van der Waals surface area contributed by atoms with Crippen LogP contribution in [-0.2, 0) is 9.53 Å². The maximum Gasteiger partial charge on any atom is 0.332 e. The van der Waals surface area contributed by atoms with Crippen molar-refractivity contribution in [2.24, 2.45) is 0 Å². The largest absolute Gasteiger partial charge is 0.479 e. The third-order valence-corrected chi connectivity index (χ3v) is 3.72. The number of carbonyl (C=O) groups is 2. The van der Waals surface area contributed by atoms with Gasteiger partial charge in [0.1, 0.15) is 0 Å². The number of aryl methyl sites for hydroxylation is 1. The lowest BCUT2D eigenvalue weighted by atomic mass is 10.1. The fraction of sp³-hybridized carbons (Fsp3) is 0.429. The van der Waals surface area contributed by atoms with Gasteiger partial charge in [0.05, 0.1) is 6.10 Å². The summed E-state index contributed by atoms with van der Waals surface area (Å²) in [5.41, 5.74) is 1.36. The number of carboxylic acids is 1. The molecule has 108 valence electrons. The van der Waals surface area contributed by atoms with Gasteiger partial charge in [-0.25, -0.2) is 4.79 Å². The average Bonchev–Trinajstić information content (AvgIpc) is 2.88. The van der Waals surface area contributed by atoms with Crippen LogP contribution in [0.15, 0.2) is 18.2 Å². The second-order valence-corrected chi connectivity index (χ2v) is 5.24. The fourth-order valence-corrected chi connectivity index (χ4v) is 2.25. The number of ether oxygens (including phenoxy) is 1. The highest BCUT2D eigenvalue weighted by atomic mass is 35.5. The minimum Gasteiger partial charge on any atom is -0.479 e. The van der Waals surface area contributed by atoms with Crippen LogP contribution in [0.25, 0.3) is 0 Å². The minimum atomic E-state index is -0.952. The Morgan fingerprint density at radius 2 is 2.20 bits per heavy atom. The number of halogens is 1. The van der Waals surface area contributed by atoms with Gasteiger partial charge in [-0.15, -0.1) is 0 Å². The van der Waals surface area contributed by atoms with Crippen molar-refractivity contribution in [1.29, 1.82) is 0 Å². The van der Waals surface area contributed by atoms with Crippen LogP contribution in [-0.4, -0.2) is 35.7 Å². The van der Waals surface area contributed by atoms with E-state index < -0.39 is 12.1 Å². The van der Waals surface area contributed by atoms with Crippen molar-refractivity contribution in [2.75, 3.05) is 6.54 Å². The van der Waals surface area contributed by atoms with Gasteiger partial charge in [0.15, 0.2) is 6.10 Å². The van der Waals surface area contributed by atoms with E-state index in [1.54, 1.807) is 18.2 Å². The smallest absolute Gasteiger partial charge is 0.332 e. The third-order valence-electron chi connectivity index (χ3n) is 3.29. The van der Waals surface area contributed by atoms with Crippen molar-refractivity contribution in [3.63, 3.8) is 0 Å². The molecule has 2 unspecified atom stereocenters. The van der Waals surface area contributed by atoms with Gasteiger partial charge in [-0.1, -0.05) is 11.6 Å². The summed E-state index contributed by atoms with van der Waals surface area (Å²) in [5.74, 6) is -1.17. The van der Waals surface area contributed by atoms with Crippen molar-refractivity contribution in [3.8, 4) is 0 Å². The first kappa shape index (κ1) is 14.8. The molecule has 1 heterocycles. The number of benzene rings is 1. The van der Waals surface area contributed by atoms with Crippen LogP contribution in [0.5, 0.6) is 0 Å². The van der Waals surface area contributed by atoms with Gasteiger partial charge in [0.2, 0.25) is 0 Å². The van der Waals surface area contributed by atoms with Crippen LogP contribution in [0.4, 0.5) is 0 Å². The van der Waals surface area contributed by atoms with Crippen LogP contribution < -0.4 is 5.32 Å². The molecule has 0 spiro atoms. The van der Waals surface area contributed by atoms with Crippen LogP contribution >= 0.6 is 11.6 Å². The van der Waals surface area contributed by atoms with Gasteiger partial charge in [-0.3, -0.25) is 4.79 Å². The molecule has 2 atom stereocenters. The lowest BCUT2D eigenvalue weighted by molar-refractivity contribution is -0.149. The number of carbonyl (C=O) groups excluding carboxylic acids is 1. The Kier molecular flexibility index (Phi) is 4.62. The molecule has 2 N–H and O–H groups in total. The number of aliphatic carboxylic acids is 1. The maximum absolute atomic E-state index is 12.0. The van der Waals surface area contributed by atoms with Crippen LogP contribution in [0.3, 0.4) is 0 Å². The van der Waals surface area contributed by atoms with E-state index in [-0.39, 0.29) is 12.0 Å². The molecule has 5 nitrogen and oxygen atoms in total. The molecule has 1 aromatic carbocycles. The highest BCUT2D eigenvalue weighted by Gasteiger charge is 2.30. The second-order valence-electron chi connectivity index (χ2n) is 4.84. The summed E-state index contributed by atoms with van der Waals surface area (Å²) < 4.78 is 5.32. The Morgan fingerprint density at radius 1 is 1.45 bits per heavy atom. The zero-order chi connectivity index (χ0) is 14.7. The lowest BCUT2D eigenvalue weighted by Crippen LogP contribution is -2.33. The first-order chi connectivity index (χ1) is 9.47. The van der Waals surface area contributed by atoms with Crippen molar-refractivity contribution in [3.05, 3.63) is 34.3 Å². The molecular formula is C14H16ClNO4. The quantitative estimate of drug-likeness (QED) is 0.891. The number of amides is 1. The van der Waals surface area contributed by atoms with Gasteiger partial charge < -0.3 is 15.2 Å². The molecule has 1 fully saturated rings. The van der Waals surface area contributed by atoms with E-state index in [4.69, 9.17) is 21.4 Å². The molecule has 0 bridgehead atoms. The van der Waals surface area contributed by atoms with Crippen molar-refractivity contribution >= 4 is 23.5 Å². The van der Waals surface area contributed by atoms with E-state index in [1.165, 1.54) is 0 Å². The summed E-state index contributed by atoms with van der Waals surface area (Å²) in [6.07, 6.45) is 0.121. The Bertz CT molecular complexity index is 532. The van der Waals surface area contributed by atoms with Gasteiger partial charge in [0.25, 0.3) is 5.91 Å². The first-order valence-electron chi connectivity index (χ1n) is 6.40. The van der Waals surface area contributed by atoms with Crippen molar-refractivity contribution in [2.45, 2.75) is 32.0 Å². The topological polar surface area (TPSA) is 75.6 Å². The number of hydrogen-bond donors (Lipinski definition) is 2. The molecule has 0 radical (unpaired) electrons. The highest BCUT2D eigenvalue weighted by molar-refractivity contribution is 6.31. The Balaban J connectivity index is 1.86. The summed E-state index contributed by atoms with van der Waals surface area (Å²) >= 11 is 5.90. The number of carboxylic acid groups (broad SMARTS) is 1. The lowest BCUT2D eigenvalue weighted by Gasteiger charge is -2.12. The zero-order valence-corrected chi connectivity index (χ0v) is 11.8. The SMILES string of the molecule is Cc1cc(C(=O)NCC2CCC(C(=O)O)O2)ccc1Cl. The Hall–Kier alpha value is -1.59. The summed E-state index contributed by atoms with van der Waals surface area (Å²) in [6, 6.07) is 5.05. The van der Waals surface area contributed by atoms with E-state index in [9.17, 15) is 9.59 Å². The van der Waals surface area contributed by atoms with Crippen molar-refractivity contribution < 1.29 is 19.4 Å². The predicted octanol–water partition coefficient (Wildman–Crippen LogP) is 2.01. The van der Waals surface area contributed by atoms with Gasteiger partial charge in [-0.05, 0) is 43.5 Å². The number of nitrogens with one attached hydrogen (secondary N) is 1. The average molecular weight is 298 g/mol. The molecule has 1 aliphatic rings. The predicted molar refractivity (Wildman–Crippen MR) is 74.1 cm³/mol. The van der Waals surface area contributed by atoms with E-state index in [0.29, 0.717) is 30.0 Å². The Morgan fingerprint density at radius 3 is 2.80 bits per heavy atom.